The maximum atomic E-state index is 5.15. The average molecular weight is 315 g/mol. The Kier molecular flexibility index (Phi) is 4.55. The van der Waals surface area contributed by atoms with Crippen LogP contribution in [0.2, 0.25) is 0 Å². The molecular formula is C15H17N5OS. The summed E-state index contributed by atoms with van der Waals surface area (Å²) >= 11 is 1.74. The summed E-state index contributed by atoms with van der Waals surface area (Å²) in [6.45, 7) is 1.15. The van der Waals surface area contributed by atoms with Crippen LogP contribution in [0.25, 0.3) is 5.78 Å². The summed E-state index contributed by atoms with van der Waals surface area (Å²) in [5, 5.41) is 7.58. The number of thioether (sulfide) groups is 1. The number of ether oxygens (including phenoxy) is 1. The molecular weight excluding hydrogens is 298 g/mol. The lowest BCUT2D eigenvalue weighted by atomic mass is 10.2. The zero-order chi connectivity index (χ0) is 15.4. The van der Waals surface area contributed by atoms with Gasteiger partial charge in [-0.3, -0.25) is 0 Å². The molecule has 6 nitrogen and oxygen atoms in total. The number of nitrogens with one attached hydrogen (secondary N) is 1. The molecule has 22 heavy (non-hydrogen) atoms. The Morgan fingerprint density at radius 2 is 2.09 bits per heavy atom. The monoisotopic (exact) mass is 315 g/mol. The van der Waals surface area contributed by atoms with Crippen molar-refractivity contribution >= 4 is 23.4 Å². The van der Waals surface area contributed by atoms with Gasteiger partial charge in [0.25, 0.3) is 5.78 Å². The van der Waals surface area contributed by atoms with E-state index in [9.17, 15) is 0 Å². The summed E-state index contributed by atoms with van der Waals surface area (Å²) in [5.41, 5.74) is 2.03. The maximum Gasteiger partial charge on any atom is 0.254 e. The summed E-state index contributed by atoms with van der Waals surface area (Å²) < 4.78 is 6.84. The molecule has 1 N–H and O–H groups in total. The van der Waals surface area contributed by atoms with Crippen molar-refractivity contribution in [2.75, 3.05) is 18.7 Å². The second kappa shape index (κ2) is 6.76. The van der Waals surface area contributed by atoms with Gasteiger partial charge in [0, 0.05) is 24.6 Å². The molecule has 0 radical (unpaired) electrons. The van der Waals surface area contributed by atoms with E-state index in [1.165, 1.54) is 16.8 Å². The van der Waals surface area contributed by atoms with Crippen LogP contribution in [0.4, 0.5) is 5.82 Å². The molecule has 0 bridgehead atoms. The molecule has 2 heterocycles. The highest BCUT2D eigenvalue weighted by Gasteiger charge is 2.07. The van der Waals surface area contributed by atoms with Crippen molar-refractivity contribution in [1.29, 1.82) is 0 Å². The lowest BCUT2D eigenvalue weighted by molar-refractivity contribution is 0.181. The summed E-state index contributed by atoms with van der Waals surface area (Å²) in [4.78, 5) is 9.79. The Labute approximate surface area is 132 Å². The predicted molar refractivity (Wildman–Crippen MR) is 87.0 cm³/mol. The molecule has 0 fully saturated rings. The molecule has 2 aromatic heterocycles. The number of nitrogens with zero attached hydrogens (tertiary/aromatic N) is 4. The molecule has 0 saturated heterocycles. The fourth-order valence-electron chi connectivity index (χ4n) is 2.15. The van der Waals surface area contributed by atoms with Gasteiger partial charge in [-0.05, 0) is 24.0 Å². The zero-order valence-electron chi connectivity index (χ0n) is 12.5. The number of aromatic nitrogens is 4. The van der Waals surface area contributed by atoms with E-state index in [0.29, 0.717) is 18.9 Å². The number of anilines is 1. The highest BCUT2D eigenvalue weighted by molar-refractivity contribution is 7.98. The molecule has 0 unspecified atom stereocenters. The van der Waals surface area contributed by atoms with Crippen LogP contribution in [0.15, 0.2) is 41.6 Å². The zero-order valence-corrected chi connectivity index (χ0v) is 13.3. The van der Waals surface area contributed by atoms with Crippen molar-refractivity contribution < 1.29 is 4.74 Å². The van der Waals surface area contributed by atoms with E-state index in [4.69, 9.17) is 4.74 Å². The van der Waals surface area contributed by atoms with Crippen molar-refractivity contribution in [2.24, 2.45) is 0 Å². The fourth-order valence-corrected chi connectivity index (χ4v) is 2.55. The molecule has 3 aromatic rings. The maximum absolute atomic E-state index is 5.15. The molecule has 7 heteroatoms. The Hall–Kier alpha value is -2.12. The predicted octanol–water partition coefficient (Wildman–Crippen LogP) is 2.60. The minimum absolute atomic E-state index is 0.445. The van der Waals surface area contributed by atoms with Crippen molar-refractivity contribution in [3.05, 3.63) is 47.9 Å². The van der Waals surface area contributed by atoms with Gasteiger partial charge in [0.2, 0.25) is 0 Å². The van der Waals surface area contributed by atoms with Crippen molar-refractivity contribution in [2.45, 2.75) is 18.0 Å². The molecule has 0 aliphatic heterocycles. The van der Waals surface area contributed by atoms with Crippen LogP contribution in [0.1, 0.15) is 11.3 Å². The van der Waals surface area contributed by atoms with Crippen molar-refractivity contribution in [1.82, 2.24) is 19.6 Å². The van der Waals surface area contributed by atoms with Crippen LogP contribution in [0, 0.1) is 0 Å². The lowest BCUT2D eigenvalue weighted by Crippen LogP contribution is -2.08. The number of hydrogen-bond acceptors (Lipinski definition) is 6. The van der Waals surface area contributed by atoms with Crippen molar-refractivity contribution in [3.8, 4) is 0 Å². The number of hydrogen-bond donors (Lipinski definition) is 1. The summed E-state index contributed by atoms with van der Waals surface area (Å²) in [6.07, 6.45) is 3.57. The van der Waals surface area contributed by atoms with Gasteiger partial charge in [-0.2, -0.15) is 14.6 Å². The first-order valence-corrected chi connectivity index (χ1v) is 8.08. The third-order valence-electron chi connectivity index (χ3n) is 3.23. The minimum Gasteiger partial charge on any atom is -0.378 e. The normalized spacial score (nSPS) is 11.0. The summed E-state index contributed by atoms with van der Waals surface area (Å²) in [6, 6.07) is 10.4. The standard InChI is InChI=1S/C15H17N5OS/c1-21-9-12-7-14(20-15(19-12)17-10-18-20)16-8-11-3-5-13(22-2)6-4-11/h3-7,10,16H,8-9H2,1-2H3. The molecule has 0 aliphatic carbocycles. The van der Waals surface area contributed by atoms with E-state index in [1.54, 1.807) is 23.4 Å². The molecule has 1 aromatic carbocycles. The molecule has 0 atom stereocenters. The second-order valence-electron chi connectivity index (χ2n) is 4.74. The van der Waals surface area contributed by atoms with E-state index >= 15 is 0 Å². The number of benzene rings is 1. The molecule has 0 aliphatic rings. The Bertz CT molecular complexity index is 756. The van der Waals surface area contributed by atoms with Crippen LogP contribution in [-0.4, -0.2) is 32.9 Å². The SMILES string of the molecule is COCc1cc(NCc2ccc(SC)cc2)n2ncnc2n1. The fraction of sp³-hybridized carbons (Fsp3) is 0.267. The van der Waals surface area contributed by atoms with Gasteiger partial charge in [-0.15, -0.1) is 11.8 Å². The number of methoxy groups -OCH3 is 1. The van der Waals surface area contributed by atoms with E-state index < -0.39 is 0 Å². The van der Waals surface area contributed by atoms with Gasteiger partial charge >= 0.3 is 0 Å². The largest absolute Gasteiger partial charge is 0.378 e. The quantitative estimate of drug-likeness (QED) is 0.705. The number of rotatable bonds is 6. The van der Waals surface area contributed by atoms with Crippen LogP contribution in [-0.2, 0) is 17.9 Å². The highest BCUT2D eigenvalue weighted by atomic mass is 32.2. The number of fused-ring (bicyclic) bond motifs is 1. The van der Waals surface area contributed by atoms with Crippen molar-refractivity contribution in [3.63, 3.8) is 0 Å². The van der Waals surface area contributed by atoms with E-state index in [0.717, 1.165) is 11.5 Å². The van der Waals surface area contributed by atoms with E-state index in [-0.39, 0.29) is 0 Å². The van der Waals surface area contributed by atoms with Crippen LogP contribution in [0.5, 0.6) is 0 Å². The van der Waals surface area contributed by atoms with E-state index in [2.05, 4.69) is 50.9 Å². The topological polar surface area (TPSA) is 64.3 Å². The molecule has 0 saturated carbocycles. The van der Waals surface area contributed by atoms with Crippen LogP contribution < -0.4 is 5.32 Å². The van der Waals surface area contributed by atoms with E-state index in [1.807, 2.05) is 6.07 Å². The summed E-state index contributed by atoms with van der Waals surface area (Å²) in [5.74, 6) is 1.42. The first-order chi connectivity index (χ1) is 10.8. The van der Waals surface area contributed by atoms with Crippen LogP contribution in [0.3, 0.4) is 0 Å². The first kappa shape index (κ1) is 14.8. The van der Waals surface area contributed by atoms with Gasteiger partial charge in [0.15, 0.2) is 0 Å². The minimum atomic E-state index is 0.445. The third kappa shape index (κ3) is 3.20. The third-order valence-corrected chi connectivity index (χ3v) is 3.97. The van der Waals surface area contributed by atoms with Gasteiger partial charge in [0.05, 0.1) is 12.3 Å². The Morgan fingerprint density at radius 1 is 1.27 bits per heavy atom. The smallest absolute Gasteiger partial charge is 0.254 e. The van der Waals surface area contributed by atoms with Gasteiger partial charge in [-0.25, -0.2) is 4.98 Å². The molecule has 0 spiro atoms. The van der Waals surface area contributed by atoms with Gasteiger partial charge in [-0.1, -0.05) is 12.1 Å². The Balaban J connectivity index is 1.81. The molecule has 3 rings (SSSR count). The van der Waals surface area contributed by atoms with Gasteiger partial charge < -0.3 is 10.1 Å². The van der Waals surface area contributed by atoms with Gasteiger partial charge in [0.1, 0.15) is 12.1 Å². The molecule has 0 amide bonds. The average Bonchev–Trinajstić information content (AvgIpc) is 3.02. The second-order valence-corrected chi connectivity index (χ2v) is 5.62. The first-order valence-electron chi connectivity index (χ1n) is 6.85. The highest BCUT2D eigenvalue weighted by Crippen LogP contribution is 2.16. The lowest BCUT2D eigenvalue weighted by Gasteiger charge is -2.10. The molecule has 114 valence electrons. The van der Waals surface area contributed by atoms with Crippen LogP contribution >= 0.6 is 11.8 Å². The summed E-state index contributed by atoms with van der Waals surface area (Å²) in [7, 11) is 1.65. The Morgan fingerprint density at radius 3 is 2.82 bits per heavy atom.